The maximum absolute atomic E-state index is 10.8. The first kappa shape index (κ1) is 12.9. The smallest absolute Gasteiger partial charge is 0.303 e. The minimum Gasteiger partial charge on any atom is -0.481 e. The zero-order valence-electron chi connectivity index (χ0n) is 11.3. The molecule has 0 spiro atoms. The van der Waals surface area contributed by atoms with E-state index < -0.39 is 5.97 Å². The summed E-state index contributed by atoms with van der Waals surface area (Å²) in [4.78, 5) is 17.6. The molecule has 0 amide bonds. The fraction of sp³-hybridized carbons (Fsp3) is 0.375. The van der Waals surface area contributed by atoms with Crippen LogP contribution in [0.25, 0.3) is 10.8 Å². The first-order valence-corrected chi connectivity index (χ1v) is 7.04. The first-order chi connectivity index (χ1) is 9.74. The SMILES string of the molecule is O=C(O)CC1CCN(c2nccc3ccccc23)CC1. The van der Waals surface area contributed by atoms with Gasteiger partial charge in [-0.3, -0.25) is 4.79 Å². The van der Waals surface area contributed by atoms with Crippen LogP contribution in [0.4, 0.5) is 5.82 Å². The number of benzene rings is 1. The van der Waals surface area contributed by atoms with Crippen molar-refractivity contribution in [2.24, 2.45) is 5.92 Å². The molecule has 104 valence electrons. The maximum atomic E-state index is 10.8. The van der Waals surface area contributed by atoms with Gasteiger partial charge in [-0.15, -0.1) is 0 Å². The van der Waals surface area contributed by atoms with Gasteiger partial charge < -0.3 is 10.0 Å². The summed E-state index contributed by atoms with van der Waals surface area (Å²) >= 11 is 0. The second-order valence-corrected chi connectivity index (χ2v) is 5.38. The molecule has 0 bridgehead atoms. The fourth-order valence-corrected chi connectivity index (χ4v) is 2.95. The summed E-state index contributed by atoms with van der Waals surface area (Å²) in [6, 6.07) is 10.3. The van der Waals surface area contributed by atoms with Gasteiger partial charge in [-0.2, -0.15) is 0 Å². The zero-order chi connectivity index (χ0) is 13.9. The number of carbonyl (C=O) groups is 1. The molecule has 2 aromatic rings. The number of aromatic nitrogens is 1. The van der Waals surface area contributed by atoms with Gasteiger partial charge in [0.1, 0.15) is 5.82 Å². The Morgan fingerprint density at radius 3 is 2.75 bits per heavy atom. The lowest BCUT2D eigenvalue weighted by Gasteiger charge is -2.32. The first-order valence-electron chi connectivity index (χ1n) is 7.04. The van der Waals surface area contributed by atoms with Crippen LogP contribution in [0.15, 0.2) is 36.5 Å². The minimum atomic E-state index is -0.688. The molecule has 1 aliphatic heterocycles. The molecule has 1 N–H and O–H groups in total. The molecule has 1 saturated heterocycles. The summed E-state index contributed by atoms with van der Waals surface area (Å²) in [5, 5.41) is 11.2. The topological polar surface area (TPSA) is 53.4 Å². The van der Waals surface area contributed by atoms with Crippen LogP contribution < -0.4 is 4.90 Å². The van der Waals surface area contributed by atoms with Crippen LogP contribution in [-0.4, -0.2) is 29.1 Å². The van der Waals surface area contributed by atoms with Crippen LogP contribution in [0, 0.1) is 5.92 Å². The standard InChI is InChI=1S/C16H18N2O2/c19-15(20)11-12-6-9-18(10-7-12)16-14-4-2-1-3-13(14)5-8-17-16/h1-5,8,12H,6-7,9-11H2,(H,19,20). The van der Waals surface area contributed by atoms with E-state index >= 15 is 0 Å². The lowest BCUT2D eigenvalue weighted by molar-refractivity contribution is -0.138. The molecule has 1 aromatic heterocycles. The van der Waals surface area contributed by atoms with Crippen molar-refractivity contribution in [2.45, 2.75) is 19.3 Å². The number of nitrogens with zero attached hydrogens (tertiary/aromatic N) is 2. The second kappa shape index (κ2) is 5.49. The summed E-state index contributed by atoms with van der Waals surface area (Å²) in [7, 11) is 0. The molecule has 20 heavy (non-hydrogen) atoms. The molecule has 0 saturated carbocycles. The van der Waals surface area contributed by atoms with E-state index in [1.807, 2.05) is 24.4 Å². The number of anilines is 1. The Hall–Kier alpha value is -2.10. The van der Waals surface area contributed by atoms with Crippen molar-refractivity contribution in [3.05, 3.63) is 36.5 Å². The van der Waals surface area contributed by atoms with Crippen molar-refractivity contribution in [3.63, 3.8) is 0 Å². The molecule has 0 radical (unpaired) electrons. The number of aliphatic carboxylic acids is 1. The van der Waals surface area contributed by atoms with Crippen molar-refractivity contribution in [1.29, 1.82) is 0 Å². The van der Waals surface area contributed by atoms with Crippen LogP contribution >= 0.6 is 0 Å². The molecular formula is C16H18N2O2. The van der Waals surface area contributed by atoms with Gasteiger partial charge in [-0.05, 0) is 30.2 Å². The Morgan fingerprint density at radius 1 is 1.25 bits per heavy atom. The van der Waals surface area contributed by atoms with Gasteiger partial charge in [0.05, 0.1) is 0 Å². The molecule has 1 aromatic carbocycles. The highest BCUT2D eigenvalue weighted by atomic mass is 16.4. The Bertz CT molecular complexity index is 613. The Labute approximate surface area is 118 Å². The predicted octanol–water partition coefficient (Wildman–Crippen LogP) is 2.93. The zero-order valence-corrected chi connectivity index (χ0v) is 11.3. The van der Waals surface area contributed by atoms with Gasteiger partial charge in [0.25, 0.3) is 0 Å². The van der Waals surface area contributed by atoms with Crippen molar-refractivity contribution in [3.8, 4) is 0 Å². The van der Waals surface area contributed by atoms with E-state index in [9.17, 15) is 4.79 Å². The molecule has 0 atom stereocenters. The Morgan fingerprint density at radius 2 is 2.00 bits per heavy atom. The number of pyridine rings is 1. The largest absolute Gasteiger partial charge is 0.481 e. The highest BCUT2D eigenvalue weighted by molar-refractivity contribution is 5.92. The van der Waals surface area contributed by atoms with E-state index in [0.717, 1.165) is 31.7 Å². The molecule has 0 aliphatic carbocycles. The molecular weight excluding hydrogens is 252 g/mol. The highest BCUT2D eigenvalue weighted by Crippen LogP contribution is 2.29. The highest BCUT2D eigenvalue weighted by Gasteiger charge is 2.22. The van der Waals surface area contributed by atoms with Crippen molar-refractivity contribution >= 4 is 22.6 Å². The van der Waals surface area contributed by atoms with Gasteiger partial charge >= 0.3 is 5.97 Å². The van der Waals surface area contributed by atoms with E-state index in [0.29, 0.717) is 5.92 Å². The van der Waals surface area contributed by atoms with Crippen LogP contribution in [-0.2, 0) is 4.79 Å². The van der Waals surface area contributed by atoms with E-state index in [1.54, 1.807) is 0 Å². The number of piperidine rings is 1. The summed E-state index contributed by atoms with van der Waals surface area (Å²) in [6.07, 6.45) is 3.99. The van der Waals surface area contributed by atoms with Crippen LogP contribution in [0.2, 0.25) is 0 Å². The van der Waals surface area contributed by atoms with Crippen LogP contribution in [0.5, 0.6) is 0 Å². The van der Waals surface area contributed by atoms with Gasteiger partial charge in [0, 0.05) is 31.1 Å². The fourth-order valence-electron chi connectivity index (χ4n) is 2.95. The van der Waals surface area contributed by atoms with Crippen LogP contribution in [0.3, 0.4) is 0 Å². The van der Waals surface area contributed by atoms with Crippen LogP contribution in [0.1, 0.15) is 19.3 Å². The molecule has 3 rings (SSSR count). The van der Waals surface area contributed by atoms with Gasteiger partial charge in [-0.25, -0.2) is 4.98 Å². The molecule has 4 nitrogen and oxygen atoms in total. The normalized spacial score (nSPS) is 16.5. The number of hydrogen-bond acceptors (Lipinski definition) is 3. The Balaban J connectivity index is 1.78. The second-order valence-electron chi connectivity index (χ2n) is 5.38. The lowest BCUT2D eigenvalue weighted by atomic mass is 9.93. The summed E-state index contributed by atoms with van der Waals surface area (Å²) in [5.74, 6) is 0.641. The van der Waals surface area contributed by atoms with Gasteiger partial charge in [-0.1, -0.05) is 24.3 Å². The lowest BCUT2D eigenvalue weighted by Crippen LogP contribution is -2.35. The number of hydrogen-bond donors (Lipinski definition) is 1. The molecule has 2 heterocycles. The average Bonchev–Trinajstić information content (AvgIpc) is 2.47. The third kappa shape index (κ3) is 2.59. The molecule has 1 fully saturated rings. The number of rotatable bonds is 3. The van der Waals surface area contributed by atoms with Crippen molar-refractivity contribution in [1.82, 2.24) is 4.98 Å². The number of carboxylic acid groups (broad SMARTS) is 1. The number of fused-ring (bicyclic) bond motifs is 1. The van der Waals surface area contributed by atoms with Crippen molar-refractivity contribution in [2.75, 3.05) is 18.0 Å². The van der Waals surface area contributed by atoms with Crippen molar-refractivity contribution < 1.29 is 9.90 Å². The Kier molecular flexibility index (Phi) is 3.54. The molecule has 1 aliphatic rings. The maximum Gasteiger partial charge on any atom is 0.303 e. The van der Waals surface area contributed by atoms with E-state index in [2.05, 4.69) is 22.0 Å². The van der Waals surface area contributed by atoms with E-state index in [1.165, 1.54) is 10.8 Å². The predicted molar refractivity (Wildman–Crippen MR) is 78.9 cm³/mol. The summed E-state index contributed by atoms with van der Waals surface area (Å²) in [5.41, 5.74) is 0. The van der Waals surface area contributed by atoms with E-state index in [4.69, 9.17) is 5.11 Å². The monoisotopic (exact) mass is 270 g/mol. The molecule has 4 heteroatoms. The summed E-state index contributed by atoms with van der Waals surface area (Å²) in [6.45, 7) is 1.78. The van der Waals surface area contributed by atoms with E-state index in [-0.39, 0.29) is 6.42 Å². The third-order valence-electron chi connectivity index (χ3n) is 4.03. The number of carboxylic acids is 1. The minimum absolute atomic E-state index is 0.288. The van der Waals surface area contributed by atoms with Gasteiger partial charge in [0.2, 0.25) is 0 Å². The third-order valence-corrected chi connectivity index (χ3v) is 4.03. The average molecular weight is 270 g/mol. The summed E-state index contributed by atoms with van der Waals surface area (Å²) < 4.78 is 0. The molecule has 0 unspecified atom stereocenters. The quantitative estimate of drug-likeness (QED) is 0.931. The van der Waals surface area contributed by atoms with Gasteiger partial charge in [0.15, 0.2) is 0 Å².